The minimum absolute atomic E-state index is 0.192. The molecule has 25 heavy (non-hydrogen) atoms. The van der Waals surface area contributed by atoms with Crippen LogP contribution in [0.2, 0.25) is 0 Å². The van der Waals surface area contributed by atoms with Gasteiger partial charge in [0.1, 0.15) is 5.69 Å². The second kappa shape index (κ2) is 5.69. The van der Waals surface area contributed by atoms with Gasteiger partial charge in [-0.1, -0.05) is 0 Å². The van der Waals surface area contributed by atoms with Gasteiger partial charge in [0.15, 0.2) is 0 Å². The van der Waals surface area contributed by atoms with Crippen LogP contribution in [0.15, 0.2) is 29.5 Å². The van der Waals surface area contributed by atoms with E-state index in [1.54, 1.807) is 22.8 Å². The molecule has 1 amide bonds. The van der Waals surface area contributed by atoms with Gasteiger partial charge in [-0.05, 0) is 11.6 Å². The average Bonchev–Trinajstić information content (AvgIpc) is 3.19. The molecule has 3 aromatic rings. The van der Waals surface area contributed by atoms with Crippen molar-refractivity contribution in [1.82, 2.24) is 34.4 Å². The number of nitrogens with one attached hydrogen (secondary N) is 1. The Morgan fingerprint density at radius 1 is 1.24 bits per heavy atom. The number of amides is 1. The fourth-order valence-corrected chi connectivity index (χ4v) is 2.96. The Morgan fingerprint density at radius 2 is 2.08 bits per heavy atom. The van der Waals surface area contributed by atoms with E-state index in [1.165, 1.54) is 10.8 Å². The van der Waals surface area contributed by atoms with Gasteiger partial charge in [0.25, 0.3) is 5.91 Å². The highest BCUT2D eigenvalue weighted by atomic mass is 16.2. The van der Waals surface area contributed by atoms with Gasteiger partial charge in [-0.15, -0.1) is 0 Å². The molecule has 4 rings (SSSR count). The minimum atomic E-state index is -0.300. The number of aromatic amines is 1. The number of imidazole rings is 1. The number of nitrogens with zero attached hydrogens (tertiary/aromatic N) is 6. The lowest BCUT2D eigenvalue weighted by molar-refractivity contribution is 0.0727. The molecule has 4 heterocycles. The monoisotopic (exact) mass is 339 g/mol. The zero-order valence-corrected chi connectivity index (χ0v) is 13.9. The van der Waals surface area contributed by atoms with E-state index in [2.05, 4.69) is 20.3 Å². The summed E-state index contributed by atoms with van der Waals surface area (Å²) in [6, 6.07) is 1.95. The van der Waals surface area contributed by atoms with Crippen molar-refractivity contribution in [1.29, 1.82) is 0 Å². The first-order chi connectivity index (χ1) is 12.0. The smallest absolute Gasteiger partial charge is 0.325 e. The van der Waals surface area contributed by atoms with Crippen molar-refractivity contribution in [2.75, 3.05) is 6.54 Å². The number of fused-ring (bicyclic) bond motifs is 1. The van der Waals surface area contributed by atoms with E-state index in [4.69, 9.17) is 0 Å². The predicted octanol–water partition coefficient (Wildman–Crippen LogP) is 0.102. The summed E-state index contributed by atoms with van der Waals surface area (Å²) in [5.41, 5.74) is 3.48. The number of hydrogen-bond donors (Lipinski definition) is 1. The van der Waals surface area contributed by atoms with Crippen LogP contribution in [0, 0.1) is 0 Å². The molecule has 0 bridgehead atoms. The molecule has 0 saturated heterocycles. The van der Waals surface area contributed by atoms with Crippen molar-refractivity contribution in [3.63, 3.8) is 0 Å². The molecule has 0 saturated carbocycles. The van der Waals surface area contributed by atoms with Gasteiger partial charge in [0.05, 0.1) is 17.6 Å². The summed E-state index contributed by atoms with van der Waals surface area (Å²) < 4.78 is 3.06. The summed E-state index contributed by atoms with van der Waals surface area (Å²) in [6.07, 6.45) is 5.76. The summed E-state index contributed by atoms with van der Waals surface area (Å²) >= 11 is 0. The number of aromatic nitrogens is 6. The number of hydrogen-bond acceptors (Lipinski definition) is 5. The summed E-state index contributed by atoms with van der Waals surface area (Å²) in [7, 11) is 3.45. The standard InChI is InChI=1S/C16H17N7O2/c1-21-9-14(18-16(21)25)15(24)23-4-3-12-10(8-23)5-13(20-19-12)11-6-17-22(2)7-11/h5-7,9H,3-4,8H2,1-2H3,(H,18,25). The molecule has 0 aliphatic carbocycles. The predicted molar refractivity (Wildman–Crippen MR) is 88.7 cm³/mol. The van der Waals surface area contributed by atoms with Gasteiger partial charge in [0, 0.05) is 51.6 Å². The lowest BCUT2D eigenvalue weighted by atomic mass is 10.0. The molecular formula is C16H17N7O2. The van der Waals surface area contributed by atoms with Crippen molar-refractivity contribution >= 4 is 5.91 Å². The summed E-state index contributed by atoms with van der Waals surface area (Å²) in [5, 5.41) is 12.7. The lowest BCUT2D eigenvalue weighted by Crippen LogP contribution is -2.36. The van der Waals surface area contributed by atoms with E-state index in [-0.39, 0.29) is 11.6 Å². The van der Waals surface area contributed by atoms with Gasteiger partial charge >= 0.3 is 5.69 Å². The maximum Gasteiger partial charge on any atom is 0.325 e. The number of H-pyrrole nitrogens is 1. The summed E-state index contributed by atoms with van der Waals surface area (Å²) in [4.78, 5) is 28.5. The van der Waals surface area contributed by atoms with Crippen LogP contribution in [-0.2, 0) is 27.1 Å². The highest BCUT2D eigenvalue weighted by Gasteiger charge is 2.25. The van der Waals surface area contributed by atoms with Crippen molar-refractivity contribution in [2.24, 2.45) is 14.1 Å². The third-order valence-corrected chi connectivity index (χ3v) is 4.34. The fraction of sp³-hybridized carbons (Fsp3) is 0.312. The van der Waals surface area contributed by atoms with Crippen LogP contribution in [0.1, 0.15) is 21.7 Å². The largest absolute Gasteiger partial charge is 0.333 e. The van der Waals surface area contributed by atoms with Gasteiger partial charge in [-0.25, -0.2) is 4.79 Å². The third-order valence-electron chi connectivity index (χ3n) is 4.34. The van der Waals surface area contributed by atoms with E-state index in [9.17, 15) is 9.59 Å². The normalized spacial score (nSPS) is 13.8. The van der Waals surface area contributed by atoms with Crippen LogP contribution >= 0.6 is 0 Å². The highest BCUT2D eigenvalue weighted by Crippen LogP contribution is 2.23. The van der Waals surface area contributed by atoms with Gasteiger partial charge < -0.3 is 14.5 Å². The molecule has 0 radical (unpaired) electrons. The molecule has 1 aliphatic heterocycles. The van der Waals surface area contributed by atoms with Crippen molar-refractivity contribution in [2.45, 2.75) is 13.0 Å². The molecule has 1 N–H and O–H groups in total. The Bertz CT molecular complexity index is 1010. The van der Waals surface area contributed by atoms with Crippen LogP contribution in [-0.4, -0.2) is 46.9 Å². The molecule has 3 aromatic heterocycles. The molecule has 0 fully saturated rings. The molecular weight excluding hydrogens is 322 g/mol. The van der Waals surface area contributed by atoms with Gasteiger partial charge in [-0.2, -0.15) is 15.3 Å². The number of carbonyl (C=O) groups excluding carboxylic acids is 1. The molecule has 9 heteroatoms. The lowest BCUT2D eigenvalue weighted by Gasteiger charge is -2.27. The molecule has 0 unspecified atom stereocenters. The Kier molecular flexibility index (Phi) is 3.48. The van der Waals surface area contributed by atoms with E-state index in [0.29, 0.717) is 25.2 Å². The average molecular weight is 339 g/mol. The molecule has 0 aromatic carbocycles. The van der Waals surface area contributed by atoms with Crippen molar-refractivity contribution in [3.8, 4) is 11.3 Å². The van der Waals surface area contributed by atoms with Crippen LogP contribution in [0.3, 0.4) is 0 Å². The molecule has 0 spiro atoms. The molecule has 128 valence electrons. The number of aryl methyl sites for hydroxylation is 2. The molecule has 1 aliphatic rings. The first-order valence-corrected chi connectivity index (χ1v) is 7.90. The Balaban J connectivity index is 1.61. The van der Waals surface area contributed by atoms with Crippen LogP contribution in [0.25, 0.3) is 11.3 Å². The van der Waals surface area contributed by atoms with E-state index in [1.807, 2.05) is 19.3 Å². The third kappa shape index (κ3) is 2.73. The van der Waals surface area contributed by atoms with Crippen LogP contribution in [0.5, 0.6) is 0 Å². The first-order valence-electron chi connectivity index (χ1n) is 7.90. The van der Waals surface area contributed by atoms with E-state index in [0.717, 1.165) is 22.5 Å². The van der Waals surface area contributed by atoms with Gasteiger partial charge in [0.2, 0.25) is 0 Å². The number of rotatable bonds is 2. The fourth-order valence-electron chi connectivity index (χ4n) is 2.96. The Labute approximate surface area is 142 Å². The molecule has 9 nitrogen and oxygen atoms in total. The van der Waals surface area contributed by atoms with Crippen molar-refractivity contribution in [3.05, 3.63) is 52.1 Å². The van der Waals surface area contributed by atoms with Crippen molar-refractivity contribution < 1.29 is 4.79 Å². The molecule has 0 atom stereocenters. The van der Waals surface area contributed by atoms with Crippen LogP contribution in [0.4, 0.5) is 0 Å². The van der Waals surface area contributed by atoms with E-state index < -0.39 is 0 Å². The zero-order valence-electron chi connectivity index (χ0n) is 13.9. The SMILES string of the molecule is Cn1cc(-c2cc3c(nn2)CCN(C(=O)c2cn(C)c(=O)[nH]2)C3)cn1. The summed E-state index contributed by atoms with van der Waals surface area (Å²) in [6.45, 7) is 0.984. The zero-order chi connectivity index (χ0) is 17.6. The van der Waals surface area contributed by atoms with Gasteiger partial charge in [-0.3, -0.25) is 9.48 Å². The maximum atomic E-state index is 12.6. The number of carbonyl (C=O) groups is 1. The highest BCUT2D eigenvalue weighted by molar-refractivity contribution is 5.92. The Hall–Kier alpha value is -3.23. The quantitative estimate of drug-likeness (QED) is 0.714. The summed E-state index contributed by atoms with van der Waals surface area (Å²) in [5.74, 6) is -0.192. The first kappa shape index (κ1) is 15.3. The Morgan fingerprint density at radius 3 is 2.76 bits per heavy atom. The maximum absolute atomic E-state index is 12.6. The van der Waals surface area contributed by atoms with Crippen LogP contribution < -0.4 is 5.69 Å². The second-order valence-electron chi connectivity index (χ2n) is 6.16. The van der Waals surface area contributed by atoms with E-state index >= 15 is 0 Å². The minimum Gasteiger partial charge on any atom is -0.333 e. The second-order valence-corrected chi connectivity index (χ2v) is 6.16. The topological polar surface area (TPSA) is 102 Å².